The third-order valence-electron chi connectivity index (χ3n) is 5.48. The molecule has 1 unspecified atom stereocenters. The Hall–Kier alpha value is -1.59. The zero-order valence-electron chi connectivity index (χ0n) is 17.3. The van der Waals surface area contributed by atoms with E-state index in [1.807, 2.05) is 0 Å². The van der Waals surface area contributed by atoms with E-state index in [2.05, 4.69) is 54.1 Å². The van der Waals surface area contributed by atoms with Crippen LogP contribution in [0.1, 0.15) is 30.0 Å². The average Bonchev–Trinajstić information content (AvgIpc) is 3.09. The number of guanidine groups is 1. The quantitative estimate of drug-likeness (QED) is 0.615. The second-order valence-electron chi connectivity index (χ2n) is 8.00. The maximum absolute atomic E-state index is 5.47. The number of benzene rings is 1. The van der Waals surface area contributed by atoms with Gasteiger partial charge in [0.15, 0.2) is 5.96 Å². The molecule has 0 aromatic heterocycles. The lowest BCUT2D eigenvalue weighted by Crippen LogP contribution is -2.42. The Bertz CT molecular complexity index is 604. The van der Waals surface area contributed by atoms with Crippen LogP contribution in [0.2, 0.25) is 0 Å². The number of hydrogen-bond donors (Lipinski definition) is 1. The van der Waals surface area contributed by atoms with Gasteiger partial charge in [0.25, 0.3) is 0 Å². The van der Waals surface area contributed by atoms with Crippen LogP contribution in [0.3, 0.4) is 0 Å². The van der Waals surface area contributed by atoms with E-state index in [1.54, 1.807) is 0 Å². The molecule has 0 bridgehead atoms. The van der Waals surface area contributed by atoms with Crippen LogP contribution < -0.4 is 5.32 Å². The second kappa shape index (κ2) is 10.1. The van der Waals surface area contributed by atoms with E-state index in [0.717, 1.165) is 70.8 Å². The molecule has 0 spiro atoms. The van der Waals surface area contributed by atoms with Crippen LogP contribution >= 0.6 is 0 Å². The van der Waals surface area contributed by atoms with Crippen molar-refractivity contribution in [3.63, 3.8) is 0 Å². The van der Waals surface area contributed by atoms with Crippen molar-refractivity contribution in [1.82, 2.24) is 15.1 Å². The molecule has 1 aromatic carbocycles. The molecule has 2 aliphatic rings. The highest BCUT2D eigenvalue weighted by atomic mass is 16.5. The largest absolute Gasteiger partial charge is 0.379 e. The lowest BCUT2D eigenvalue weighted by atomic mass is 10.1. The normalized spacial score (nSPS) is 21.7. The van der Waals surface area contributed by atoms with Crippen LogP contribution in [0, 0.1) is 19.8 Å². The van der Waals surface area contributed by atoms with Crippen LogP contribution in [0.5, 0.6) is 0 Å². The minimum atomic E-state index is 0.742. The van der Waals surface area contributed by atoms with E-state index < -0.39 is 0 Å². The lowest BCUT2D eigenvalue weighted by molar-refractivity contribution is 0.0315. The number of aliphatic imine (C=N–C) groups is 1. The molecule has 3 rings (SSSR count). The van der Waals surface area contributed by atoms with Crippen molar-refractivity contribution < 1.29 is 4.74 Å². The maximum atomic E-state index is 5.47. The topological polar surface area (TPSA) is 40.1 Å². The number of aryl methyl sites for hydroxylation is 2. The van der Waals surface area contributed by atoms with Crippen molar-refractivity contribution in [3.8, 4) is 0 Å². The van der Waals surface area contributed by atoms with Gasteiger partial charge in [-0.2, -0.15) is 0 Å². The fraction of sp³-hybridized carbons (Fsp3) is 0.682. The van der Waals surface area contributed by atoms with E-state index in [4.69, 9.17) is 9.73 Å². The summed E-state index contributed by atoms with van der Waals surface area (Å²) < 4.78 is 5.47. The first-order valence-corrected chi connectivity index (χ1v) is 10.5. The first kappa shape index (κ1) is 20.2. The third kappa shape index (κ3) is 6.22. The zero-order chi connectivity index (χ0) is 19.1. The minimum Gasteiger partial charge on any atom is -0.379 e. The molecular formula is C22H36N4O. The number of rotatable bonds is 6. The summed E-state index contributed by atoms with van der Waals surface area (Å²) in [4.78, 5) is 9.94. The Morgan fingerprint density at radius 2 is 1.89 bits per heavy atom. The molecule has 0 amide bonds. The summed E-state index contributed by atoms with van der Waals surface area (Å²) in [6.07, 6.45) is 2.27. The molecule has 0 radical (unpaired) electrons. The number of nitrogens with one attached hydrogen (secondary N) is 1. The van der Waals surface area contributed by atoms with Crippen molar-refractivity contribution in [1.29, 1.82) is 0 Å². The van der Waals surface area contributed by atoms with Crippen molar-refractivity contribution >= 4 is 5.96 Å². The van der Waals surface area contributed by atoms with Gasteiger partial charge in [-0.1, -0.05) is 29.3 Å². The summed E-state index contributed by atoms with van der Waals surface area (Å²) in [6, 6.07) is 6.79. The van der Waals surface area contributed by atoms with Gasteiger partial charge in [0.05, 0.1) is 13.2 Å². The highest BCUT2D eigenvalue weighted by Crippen LogP contribution is 2.18. The number of nitrogens with zero attached hydrogens (tertiary/aromatic N) is 3. The Morgan fingerprint density at radius 1 is 1.15 bits per heavy atom. The van der Waals surface area contributed by atoms with Crippen molar-refractivity contribution in [2.45, 2.75) is 33.6 Å². The number of hydrogen-bond acceptors (Lipinski definition) is 3. The summed E-state index contributed by atoms with van der Waals surface area (Å²) in [5.41, 5.74) is 4.07. The predicted molar refractivity (Wildman–Crippen MR) is 113 cm³/mol. The summed E-state index contributed by atoms with van der Waals surface area (Å²) in [7, 11) is 0. The maximum Gasteiger partial charge on any atom is 0.193 e. The molecule has 5 heteroatoms. The highest BCUT2D eigenvalue weighted by Gasteiger charge is 2.27. The molecule has 1 atom stereocenters. The van der Waals surface area contributed by atoms with Gasteiger partial charge in [-0.25, -0.2) is 0 Å². The number of morpholine rings is 1. The van der Waals surface area contributed by atoms with Gasteiger partial charge in [-0.15, -0.1) is 0 Å². The molecule has 2 heterocycles. The smallest absolute Gasteiger partial charge is 0.193 e. The van der Waals surface area contributed by atoms with Gasteiger partial charge in [0.2, 0.25) is 0 Å². The minimum absolute atomic E-state index is 0.742. The molecule has 2 fully saturated rings. The predicted octanol–water partition coefficient (Wildman–Crippen LogP) is 2.47. The van der Waals surface area contributed by atoms with Crippen LogP contribution in [0.4, 0.5) is 0 Å². The van der Waals surface area contributed by atoms with Crippen molar-refractivity contribution in [2.75, 3.05) is 59.0 Å². The zero-order valence-corrected chi connectivity index (χ0v) is 17.3. The van der Waals surface area contributed by atoms with Crippen LogP contribution in [0.25, 0.3) is 0 Å². The Balaban J connectivity index is 1.52. The molecule has 1 N–H and O–H groups in total. The molecule has 2 aliphatic heterocycles. The SMILES string of the molecule is CCNC(=NCCc1cc(C)cc(C)c1)N1CCC(CN2CCOCC2)C1. The van der Waals surface area contributed by atoms with Crippen LogP contribution in [-0.4, -0.2) is 74.8 Å². The molecule has 150 valence electrons. The Labute approximate surface area is 164 Å². The van der Waals surface area contributed by atoms with Gasteiger partial charge in [0, 0.05) is 45.8 Å². The summed E-state index contributed by atoms with van der Waals surface area (Å²) in [5, 5.41) is 3.50. The monoisotopic (exact) mass is 372 g/mol. The summed E-state index contributed by atoms with van der Waals surface area (Å²) >= 11 is 0. The van der Waals surface area contributed by atoms with Gasteiger partial charge in [-0.3, -0.25) is 9.89 Å². The molecule has 2 saturated heterocycles. The fourth-order valence-corrected chi connectivity index (χ4v) is 4.25. The number of ether oxygens (including phenoxy) is 1. The lowest BCUT2D eigenvalue weighted by Gasteiger charge is -2.29. The molecule has 27 heavy (non-hydrogen) atoms. The molecule has 0 saturated carbocycles. The van der Waals surface area contributed by atoms with E-state index in [9.17, 15) is 0 Å². The highest BCUT2D eigenvalue weighted by molar-refractivity contribution is 5.80. The first-order valence-electron chi connectivity index (χ1n) is 10.5. The molecule has 1 aromatic rings. The Kier molecular flexibility index (Phi) is 7.53. The second-order valence-corrected chi connectivity index (χ2v) is 8.00. The van der Waals surface area contributed by atoms with Gasteiger partial charge in [0.1, 0.15) is 0 Å². The molecule has 0 aliphatic carbocycles. The summed E-state index contributed by atoms with van der Waals surface area (Å²) in [6.45, 7) is 15.6. The summed E-state index contributed by atoms with van der Waals surface area (Å²) in [5.74, 6) is 1.83. The number of likely N-dealkylation sites (tertiary alicyclic amines) is 1. The standard InChI is InChI=1S/C22H36N4O/c1-4-23-22(24-7-5-20-14-18(2)13-19(3)15-20)26-8-6-21(17-26)16-25-9-11-27-12-10-25/h13-15,21H,4-12,16-17H2,1-3H3,(H,23,24). The van der Waals surface area contributed by atoms with Gasteiger partial charge < -0.3 is 15.0 Å². The first-order chi connectivity index (χ1) is 13.1. The van der Waals surface area contributed by atoms with E-state index in [0.29, 0.717) is 0 Å². The van der Waals surface area contributed by atoms with E-state index in [1.165, 1.54) is 29.7 Å². The van der Waals surface area contributed by atoms with Crippen LogP contribution in [-0.2, 0) is 11.2 Å². The van der Waals surface area contributed by atoms with Crippen molar-refractivity contribution in [2.24, 2.45) is 10.9 Å². The van der Waals surface area contributed by atoms with Crippen LogP contribution in [0.15, 0.2) is 23.2 Å². The fourth-order valence-electron chi connectivity index (χ4n) is 4.25. The average molecular weight is 373 g/mol. The van der Waals surface area contributed by atoms with Crippen molar-refractivity contribution in [3.05, 3.63) is 34.9 Å². The van der Waals surface area contributed by atoms with Gasteiger partial charge >= 0.3 is 0 Å². The third-order valence-corrected chi connectivity index (χ3v) is 5.48. The van der Waals surface area contributed by atoms with E-state index >= 15 is 0 Å². The van der Waals surface area contributed by atoms with E-state index in [-0.39, 0.29) is 0 Å². The molecular weight excluding hydrogens is 336 g/mol. The Morgan fingerprint density at radius 3 is 2.59 bits per heavy atom. The molecule has 5 nitrogen and oxygen atoms in total. The van der Waals surface area contributed by atoms with Gasteiger partial charge in [-0.05, 0) is 45.1 Å².